The summed E-state index contributed by atoms with van der Waals surface area (Å²) in [5.74, 6) is -0.965. The zero-order chi connectivity index (χ0) is 24.7. The highest BCUT2D eigenvalue weighted by Crippen LogP contribution is 2.34. The van der Waals surface area contributed by atoms with Gasteiger partial charge in [-0.05, 0) is 68.5 Å². The van der Waals surface area contributed by atoms with Crippen molar-refractivity contribution in [3.8, 4) is 5.75 Å². The molecule has 0 aromatic heterocycles. The maximum Gasteiger partial charge on any atom is 0.217 e. The van der Waals surface area contributed by atoms with Crippen molar-refractivity contribution in [3.63, 3.8) is 0 Å². The molecule has 2 aromatic rings. The van der Waals surface area contributed by atoms with Crippen LogP contribution < -0.4 is 15.4 Å². The molecule has 1 aliphatic heterocycles. The Bertz CT molecular complexity index is 943. The summed E-state index contributed by atoms with van der Waals surface area (Å²) in [6.45, 7) is 6.58. The Labute approximate surface area is 199 Å². The van der Waals surface area contributed by atoms with Gasteiger partial charge in [-0.2, -0.15) is 0 Å². The highest BCUT2D eigenvalue weighted by atomic mass is 19.1. The summed E-state index contributed by atoms with van der Waals surface area (Å²) in [7, 11) is 0. The highest BCUT2D eigenvalue weighted by Gasteiger charge is 2.35. The topological polar surface area (TPSA) is 79.8 Å². The van der Waals surface area contributed by atoms with Crippen LogP contribution in [0.25, 0.3) is 0 Å². The van der Waals surface area contributed by atoms with E-state index < -0.39 is 29.3 Å². The van der Waals surface area contributed by atoms with Crippen molar-refractivity contribution in [1.82, 2.24) is 10.6 Å². The van der Waals surface area contributed by atoms with Gasteiger partial charge in [-0.15, -0.1) is 0 Å². The van der Waals surface area contributed by atoms with Crippen molar-refractivity contribution < 1.29 is 28.2 Å². The lowest BCUT2D eigenvalue weighted by Crippen LogP contribution is -2.54. The number of aliphatic hydroxyl groups is 1. The van der Waals surface area contributed by atoms with Crippen LogP contribution in [0.15, 0.2) is 42.5 Å². The molecule has 2 unspecified atom stereocenters. The normalized spacial score (nSPS) is 17.3. The number of amides is 1. The number of nitrogens with one attached hydrogen (secondary N) is 2. The molecule has 0 radical (unpaired) electrons. The van der Waals surface area contributed by atoms with Gasteiger partial charge in [0.25, 0.3) is 0 Å². The molecular weight excluding hydrogens is 442 g/mol. The zero-order valence-corrected chi connectivity index (χ0v) is 19.9. The molecule has 0 spiro atoms. The number of halogens is 2. The van der Waals surface area contributed by atoms with E-state index in [1.54, 1.807) is 0 Å². The molecule has 6 nitrogen and oxygen atoms in total. The predicted molar refractivity (Wildman–Crippen MR) is 126 cm³/mol. The number of hydrogen-bond donors (Lipinski definition) is 3. The Morgan fingerprint density at radius 3 is 2.44 bits per heavy atom. The molecule has 3 rings (SSSR count). The van der Waals surface area contributed by atoms with Crippen LogP contribution in [0.2, 0.25) is 0 Å². The largest absolute Gasteiger partial charge is 0.491 e. The van der Waals surface area contributed by atoms with Crippen LogP contribution in [-0.2, 0) is 21.5 Å². The van der Waals surface area contributed by atoms with E-state index in [0.717, 1.165) is 17.4 Å². The minimum Gasteiger partial charge on any atom is -0.491 e. The Hall–Kier alpha value is -2.55. The molecule has 2 aromatic carbocycles. The monoisotopic (exact) mass is 476 g/mol. The zero-order valence-electron chi connectivity index (χ0n) is 19.9. The van der Waals surface area contributed by atoms with Crippen LogP contribution in [-0.4, -0.2) is 49.0 Å². The van der Waals surface area contributed by atoms with Crippen LogP contribution >= 0.6 is 0 Å². The summed E-state index contributed by atoms with van der Waals surface area (Å²) >= 11 is 0. The minimum absolute atomic E-state index is 0.0433. The first-order valence-corrected chi connectivity index (χ1v) is 11.7. The average molecular weight is 477 g/mol. The fourth-order valence-corrected chi connectivity index (χ4v) is 4.40. The Balaban J connectivity index is 1.78. The Morgan fingerprint density at radius 2 is 1.82 bits per heavy atom. The summed E-state index contributed by atoms with van der Waals surface area (Å²) in [5, 5.41) is 17.2. The van der Waals surface area contributed by atoms with E-state index in [4.69, 9.17) is 9.47 Å². The third-order valence-electron chi connectivity index (χ3n) is 5.99. The average Bonchev–Trinajstić information content (AvgIpc) is 2.76. The van der Waals surface area contributed by atoms with Gasteiger partial charge in [-0.25, -0.2) is 8.78 Å². The Morgan fingerprint density at radius 1 is 1.15 bits per heavy atom. The quantitative estimate of drug-likeness (QED) is 0.490. The van der Waals surface area contributed by atoms with E-state index in [2.05, 4.69) is 10.6 Å². The molecule has 0 bridgehead atoms. The standard InChI is InChI=1S/C26H34F2N2O4/c1-17(2)34-23-6-4-5-20(14-23)26(7-9-33-10-8-26)29-16-25(32)24(30-18(3)31)13-19-11-21(27)15-22(28)12-19/h4-6,11-12,14-15,17,24-25,29,32H,7-10,13,16H2,1-3H3,(H,30,31). The molecule has 0 aliphatic carbocycles. The molecule has 1 saturated heterocycles. The molecule has 1 aliphatic rings. The van der Waals surface area contributed by atoms with E-state index in [0.29, 0.717) is 31.6 Å². The number of ether oxygens (including phenoxy) is 2. The molecule has 34 heavy (non-hydrogen) atoms. The summed E-state index contributed by atoms with van der Waals surface area (Å²) in [6, 6.07) is 10.4. The second-order valence-electron chi connectivity index (χ2n) is 9.13. The SMILES string of the molecule is CC(=O)NC(Cc1cc(F)cc(F)c1)C(O)CNC1(c2cccc(OC(C)C)c2)CCOCC1. The van der Waals surface area contributed by atoms with Gasteiger partial charge in [0.05, 0.1) is 18.2 Å². The first-order valence-electron chi connectivity index (χ1n) is 11.7. The predicted octanol–water partition coefficient (Wildman–Crippen LogP) is 3.46. The molecule has 2 atom stereocenters. The van der Waals surface area contributed by atoms with E-state index in [-0.39, 0.29) is 25.0 Å². The molecule has 8 heteroatoms. The number of hydrogen-bond acceptors (Lipinski definition) is 5. The van der Waals surface area contributed by atoms with Crippen molar-refractivity contribution in [3.05, 3.63) is 65.2 Å². The van der Waals surface area contributed by atoms with Gasteiger partial charge in [0.2, 0.25) is 5.91 Å². The van der Waals surface area contributed by atoms with E-state index in [1.165, 1.54) is 19.1 Å². The number of benzene rings is 2. The summed E-state index contributed by atoms with van der Waals surface area (Å²) in [6.07, 6.45) is 0.535. The fraction of sp³-hybridized carbons (Fsp3) is 0.500. The third-order valence-corrected chi connectivity index (χ3v) is 5.99. The maximum absolute atomic E-state index is 13.7. The van der Waals surface area contributed by atoms with Gasteiger partial charge < -0.3 is 25.2 Å². The first-order chi connectivity index (χ1) is 16.2. The van der Waals surface area contributed by atoms with Crippen molar-refractivity contribution in [2.75, 3.05) is 19.8 Å². The van der Waals surface area contributed by atoms with Gasteiger partial charge in [-0.1, -0.05) is 12.1 Å². The van der Waals surface area contributed by atoms with Crippen molar-refractivity contribution in [2.45, 2.75) is 63.8 Å². The van der Waals surface area contributed by atoms with Gasteiger partial charge >= 0.3 is 0 Å². The lowest BCUT2D eigenvalue weighted by atomic mass is 9.82. The van der Waals surface area contributed by atoms with Crippen LogP contribution in [0.1, 0.15) is 44.7 Å². The smallest absolute Gasteiger partial charge is 0.217 e. The van der Waals surface area contributed by atoms with Crippen molar-refractivity contribution in [1.29, 1.82) is 0 Å². The summed E-state index contributed by atoms with van der Waals surface area (Å²) in [5.41, 5.74) is 0.945. The number of carbonyl (C=O) groups is 1. The van der Waals surface area contributed by atoms with Crippen LogP contribution in [0.3, 0.4) is 0 Å². The lowest BCUT2D eigenvalue weighted by Gasteiger charge is -2.40. The van der Waals surface area contributed by atoms with E-state index in [1.807, 2.05) is 38.1 Å². The van der Waals surface area contributed by atoms with Gasteiger partial charge in [0.15, 0.2) is 0 Å². The number of aliphatic hydroxyl groups excluding tert-OH is 1. The van der Waals surface area contributed by atoms with Crippen molar-refractivity contribution >= 4 is 5.91 Å². The second kappa shape index (κ2) is 11.7. The maximum atomic E-state index is 13.7. The van der Waals surface area contributed by atoms with Gasteiger partial charge in [0.1, 0.15) is 17.4 Å². The molecule has 1 fully saturated rings. The van der Waals surface area contributed by atoms with E-state index >= 15 is 0 Å². The molecule has 1 amide bonds. The molecule has 0 saturated carbocycles. The summed E-state index contributed by atoms with van der Waals surface area (Å²) < 4.78 is 38.8. The minimum atomic E-state index is -0.995. The molecule has 1 heterocycles. The van der Waals surface area contributed by atoms with Gasteiger partial charge in [-0.3, -0.25) is 4.79 Å². The second-order valence-corrected chi connectivity index (χ2v) is 9.13. The third kappa shape index (κ3) is 7.22. The van der Waals surface area contributed by atoms with Crippen LogP contribution in [0, 0.1) is 11.6 Å². The molecular formula is C26H34F2N2O4. The number of carbonyl (C=O) groups excluding carboxylic acids is 1. The lowest BCUT2D eigenvalue weighted by molar-refractivity contribution is -0.120. The van der Waals surface area contributed by atoms with Crippen LogP contribution in [0.4, 0.5) is 8.78 Å². The van der Waals surface area contributed by atoms with Gasteiger partial charge in [0, 0.05) is 38.3 Å². The summed E-state index contributed by atoms with van der Waals surface area (Å²) in [4.78, 5) is 11.8. The number of rotatable bonds is 10. The van der Waals surface area contributed by atoms with Crippen LogP contribution in [0.5, 0.6) is 5.75 Å². The van der Waals surface area contributed by atoms with Crippen molar-refractivity contribution in [2.24, 2.45) is 0 Å². The first kappa shape index (κ1) is 26.1. The highest BCUT2D eigenvalue weighted by molar-refractivity contribution is 5.73. The Kier molecular flexibility index (Phi) is 8.99. The molecule has 186 valence electrons. The van der Waals surface area contributed by atoms with E-state index in [9.17, 15) is 18.7 Å². The molecule has 3 N–H and O–H groups in total. The fourth-order valence-electron chi connectivity index (χ4n) is 4.40.